The van der Waals surface area contributed by atoms with E-state index in [2.05, 4.69) is 16.5 Å². The molecule has 14 heavy (non-hydrogen) atoms. The standard InChI is InChI=1S/C11H18N2O/c1-9-2-4-10(5-3-9)13-8-12-6-11(13)7-14/h6,8-10,14H,2-5,7H2,1H3. The van der Waals surface area contributed by atoms with E-state index in [1.54, 1.807) is 6.20 Å². The minimum atomic E-state index is 0.103. The first-order valence-corrected chi connectivity index (χ1v) is 5.43. The number of aromatic nitrogens is 2. The van der Waals surface area contributed by atoms with Crippen molar-refractivity contribution in [3.63, 3.8) is 0 Å². The summed E-state index contributed by atoms with van der Waals surface area (Å²) in [6, 6.07) is 0.566. The molecular formula is C11H18N2O. The third kappa shape index (κ3) is 1.82. The second-order valence-corrected chi connectivity index (χ2v) is 4.36. The van der Waals surface area contributed by atoms with E-state index < -0.39 is 0 Å². The van der Waals surface area contributed by atoms with Crippen molar-refractivity contribution < 1.29 is 5.11 Å². The lowest BCUT2D eigenvalue weighted by atomic mass is 9.87. The van der Waals surface area contributed by atoms with E-state index in [-0.39, 0.29) is 6.61 Å². The van der Waals surface area contributed by atoms with Crippen LogP contribution in [0.2, 0.25) is 0 Å². The fourth-order valence-corrected chi connectivity index (χ4v) is 2.30. The SMILES string of the molecule is CC1CCC(n2cncc2CO)CC1. The predicted molar refractivity (Wildman–Crippen MR) is 54.8 cm³/mol. The van der Waals surface area contributed by atoms with Crippen molar-refractivity contribution in [3.05, 3.63) is 18.2 Å². The van der Waals surface area contributed by atoms with Crippen molar-refractivity contribution in [2.24, 2.45) is 5.92 Å². The summed E-state index contributed by atoms with van der Waals surface area (Å²) in [6.07, 6.45) is 8.67. The van der Waals surface area contributed by atoms with Gasteiger partial charge in [-0.05, 0) is 31.6 Å². The molecule has 0 saturated heterocycles. The minimum Gasteiger partial charge on any atom is -0.390 e. The van der Waals surface area contributed by atoms with E-state index in [4.69, 9.17) is 5.11 Å². The minimum absolute atomic E-state index is 0.103. The topological polar surface area (TPSA) is 38.0 Å². The second kappa shape index (κ2) is 4.13. The van der Waals surface area contributed by atoms with Gasteiger partial charge in [-0.25, -0.2) is 4.98 Å². The van der Waals surface area contributed by atoms with Crippen LogP contribution in [0.15, 0.2) is 12.5 Å². The second-order valence-electron chi connectivity index (χ2n) is 4.36. The Morgan fingerprint density at radius 2 is 2.14 bits per heavy atom. The molecule has 1 aliphatic rings. The molecule has 0 atom stereocenters. The maximum absolute atomic E-state index is 9.13. The van der Waals surface area contributed by atoms with Gasteiger partial charge in [-0.3, -0.25) is 0 Å². The number of nitrogens with zero attached hydrogens (tertiary/aromatic N) is 2. The molecule has 1 aromatic heterocycles. The highest BCUT2D eigenvalue weighted by atomic mass is 16.3. The van der Waals surface area contributed by atoms with Crippen molar-refractivity contribution in [1.82, 2.24) is 9.55 Å². The van der Waals surface area contributed by atoms with Crippen LogP contribution >= 0.6 is 0 Å². The van der Waals surface area contributed by atoms with Crippen LogP contribution in [0.25, 0.3) is 0 Å². The van der Waals surface area contributed by atoms with Crippen molar-refractivity contribution >= 4 is 0 Å². The lowest BCUT2D eigenvalue weighted by Gasteiger charge is -2.28. The molecule has 1 N–H and O–H groups in total. The first-order chi connectivity index (χ1) is 6.81. The highest BCUT2D eigenvalue weighted by molar-refractivity contribution is 4.99. The van der Waals surface area contributed by atoms with Crippen molar-refractivity contribution in [3.8, 4) is 0 Å². The Labute approximate surface area is 84.8 Å². The Morgan fingerprint density at radius 1 is 1.43 bits per heavy atom. The van der Waals surface area contributed by atoms with E-state index in [1.807, 2.05) is 6.33 Å². The Kier molecular flexibility index (Phi) is 2.87. The summed E-state index contributed by atoms with van der Waals surface area (Å²) < 4.78 is 2.14. The van der Waals surface area contributed by atoms with Crippen LogP contribution in [0.4, 0.5) is 0 Å². The number of aliphatic hydroxyl groups excluding tert-OH is 1. The van der Waals surface area contributed by atoms with Gasteiger partial charge in [0.2, 0.25) is 0 Å². The fraction of sp³-hybridized carbons (Fsp3) is 0.727. The number of hydrogen-bond donors (Lipinski definition) is 1. The van der Waals surface area contributed by atoms with E-state index in [0.29, 0.717) is 6.04 Å². The normalized spacial score (nSPS) is 27.9. The molecule has 0 unspecified atom stereocenters. The summed E-state index contributed by atoms with van der Waals surface area (Å²) in [5.74, 6) is 0.868. The lowest BCUT2D eigenvalue weighted by molar-refractivity contribution is 0.245. The highest BCUT2D eigenvalue weighted by Crippen LogP contribution is 2.32. The third-order valence-corrected chi connectivity index (χ3v) is 3.29. The van der Waals surface area contributed by atoms with Gasteiger partial charge in [0.25, 0.3) is 0 Å². The van der Waals surface area contributed by atoms with Crippen LogP contribution in [-0.4, -0.2) is 14.7 Å². The summed E-state index contributed by atoms with van der Waals surface area (Å²) in [7, 11) is 0. The summed E-state index contributed by atoms with van der Waals surface area (Å²) >= 11 is 0. The van der Waals surface area contributed by atoms with Crippen LogP contribution in [-0.2, 0) is 6.61 Å². The molecule has 1 saturated carbocycles. The van der Waals surface area contributed by atoms with Crippen LogP contribution in [0.3, 0.4) is 0 Å². The zero-order chi connectivity index (χ0) is 9.97. The fourth-order valence-electron chi connectivity index (χ4n) is 2.30. The van der Waals surface area contributed by atoms with E-state index in [9.17, 15) is 0 Å². The van der Waals surface area contributed by atoms with Crippen LogP contribution in [0.1, 0.15) is 44.3 Å². The molecule has 0 aromatic carbocycles. The van der Waals surface area contributed by atoms with Crippen molar-refractivity contribution in [1.29, 1.82) is 0 Å². The van der Waals surface area contributed by atoms with Crippen molar-refractivity contribution in [2.75, 3.05) is 0 Å². The van der Waals surface area contributed by atoms with Gasteiger partial charge in [-0.15, -0.1) is 0 Å². The zero-order valence-electron chi connectivity index (χ0n) is 8.69. The van der Waals surface area contributed by atoms with Gasteiger partial charge in [0.15, 0.2) is 0 Å². The number of hydrogen-bond acceptors (Lipinski definition) is 2. The summed E-state index contributed by atoms with van der Waals surface area (Å²) in [6.45, 7) is 2.42. The van der Waals surface area contributed by atoms with Gasteiger partial charge in [-0.2, -0.15) is 0 Å². The molecule has 2 rings (SSSR count). The van der Waals surface area contributed by atoms with Gasteiger partial charge in [0.05, 0.1) is 24.8 Å². The first-order valence-electron chi connectivity index (χ1n) is 5.43. The van der Waals surface area contributed by atoms with E-state index in [1.165, 1.54) is 25.7 Å². The maximum atomic E-state index is 9.13. The third-order valence-electron chi connectivity index (χ3n) is 3.29. The highest BCUT2D eigenvalue weighted by Gasteiger charge is 2.20. The predicted octanol–water partition coefficient (Wildman–Crippen LogP) is 2.13. The largest absolute Gasteiger partial charge is 0.390 e. The average molecular weight is 194 g/mol. The van der Waals surface area contributed by atoms with Gasteiger partial charge < -0.3 is 9.67 Å². The van der Waals surface area contributed by atoms with Gasteiger partial charge in [-0.1, -0.05) is 6.92 Å². The molecule has 3 heteroatoms. The summed E-state index contributed by atoms with van der Waals surface area (Å²) in [5.41, 5.74) is 0.949. The molecule has 0 amide bonds. The summed E-state index contributed by atoms with van der Waals surface area (Å²) in [5, 5.41) is 9.13. The molecule has 0 spiro atoms. The Morgan fingerprint density at radius 3 is 2.79 bits per heavy atom. The molecule has 1 aliphatic carbocycles. The molecule has 78 valence electrons. The average Bonchev–Trinajstić information content (AvgIpc) is 2.67. The van der Waals surface area contributed by atoms with E-state index >= 15 is 0 Å². The summed E-state index contributed by atoms with van der Waals surface area (Å²) in [4.78, 5) is 4.09. The molecule has 0 radical (unpaired) electrons. The monoisotopic (exact) mass is 194 g/mol. The van der Waals surface area contributed by atoms with Gasteiger partial charge in [0, 0.05) is 6.04 Å². The maximum Gasteiger partial charge on any atom is 0.0951 e. The molecule has 0 aliphatic heterocycles. The zero-order valence-corrected chi connectivity index (χ0v) is 8.69. The smallest absolute Gasteiger partial charge is 0.0951 e. The Hall–Kier alpha value is -0.830. The van der Waals surface area contributed by atoms with Crippen LogP contribution in [0, 0.1) is 5.92 Å². The van der Waals surface area contributed by atoms with Crippen LogP contribution in [0.5, 0.6) is 0 Å². The molecule has 1 heterocycles. The Bertz CT molecular complexity index is 287. The molecule has 1 fully saturated rings. The van der Waals surface area contributed by atoms with Gasteiger partial charge >= 0.3 is 0 Å². The number of rotatable bonds is 2. The lowest BCUT2D eigenvalue weighted by Crippen LogP contribution is -2.17. The van der Waals surface area contributed by atoms with Crippen LogP contribution < -0.4 is 0 Å². The molecule has 0 bridgehead atoms. The molecular weight excluding hydrogens is 176 g/mol. The quantitative estimate of drug-likeness (QED) is 0.783. The van der Waals surface area contributed by atoms with Gasteiger partial charge in [0.1, 0.15) is 0 Å². The molecule has 3 nitrogen and oxygen atoms in total. The number of aliphatic hydroxyl groups is 1. The number of imidazole rings is 1. The Balaban J connectivity index is 2.08. The first kappa shape index (κ1) is 9.71. The molecule has 1 aromatic rings. The van der Waals surface area contributed by atoms with E-state index in [0.717, 1.165) is 11.6 Å². The van der Waals surface area contributed by atoms with Crippen molar-refractivity contribution in [2.45, 2.75) is 45.3 Å².